The molecule has 0 saturated heterocycles. The van der Waals surface area contributed by atoms with Crippen LogP contribution in [-0.2, 0) is 0 Å². The van der Waals surface area contributed by atoms with Crippen LogP contribution in [0.5, 0.6) is 0 Å². The predicted molar refractivity (Wildman–Crippen MR) is 107 cm³/mol. The molecular weight excluding hydrogens is 304 g/mol. The van der Waals surface area contributed by atoms with Gasteiger partial charge in [-0.2, -0.15) is 5.10 Å². The Morgan fingerprint density at radius 2 is 1.20 bits per heavy atom. The van der Waals surface area contributed by atoms with Gasteiger partial charge in [-0.3, -0.25) is 5.10 Å². The molecule has 0 aliphatic heterocycles. The zero-order valence-corrected chi connectivity index (χ0v) is 13.8. The minimum atomic E-state index is 0.976. The van der Waals surface area contributed by atoms with Gasteiger partial charge in [-0.1, -0.05) is 85.0 Å². The molecule has 1 N–H and O–H groups in total. The minimum absolute atomic E-state index is 0.976. The first-order chi connectivity index (χ1) is 12.4. The van der Waals surface area contributed by atoms with Crippen LogP contribution in [0.4, 0.5) is 0 Å². The highest BCUT2D eigenvalue weighted by Gasteiger charge is 2.03. The molecule has 0 saturated carbocycles. The lowest BCUT2D eigenvalue weighted by atomic mass is 10.1. The predicted octanol–water partition coefficient (Wildman–Crippen LogP) is 5.90. The molecule has 0 spiro atoms. The number of aromatic amines is 1. The van der Waals surface area contributed by atoms with Gasteiger partial charge in [0.05, 0.1) is 11.2 Å². The van der Waals surface area contributed by atoms with Crippen LogP contribution in [0.3, 0.4) is 0 Å². The summed E-state index contributed by atoms with van der Waals surface area (Å²) in [7, 11) is 0. The third kappa shape index (κ3) is 3.59. The van der Waals surface area contributed by atoms with Crippen LogP contribution in [0.2, 0.25) is 0 Å². The largest absolute Gasteiger partial charge is 0.277 e. The maximum Gasteiger partial charge on any atom is 0.0927 e. The second-order valence-electron chi connectivity index (χ2n) is 5.90. The average molecular weight is 322 g/mol. The molecule has 4 rings (SSSR count). The quantitative estimate of drug-likeness (QED) is 0.465. The molecule has 2 heteroatoms. The highest BCUT2D eigenvalue weighted by Crippen LogP contribution is 2.21. The molecule has 3 aromatic carbocycles. The number of nitrogens with one attached hydrogen (secondary N) is 1. The van der Waals surface area contributed by atoms with Gasteiger partial charge < -0.3 is 0 Å². The van der Waals surface area contributed by atoms with Crippen LogP contribution in [-0.4, -0.2) is 10.2 Å². The molecule has 0 unspecified atom stereocenters. The van der Waals surface area contributed by atoms with Crippen molar-refractivity contribution in [2.24, 2.45) is 0 Å². The monoisotopic (exact) mass is 322 g/mol. The Bertz CT molecular complexity index is 1030. The summed E-state index contributed by atoms with van der Waals surface area (Å²) >= 11 is 0. The van der Waals surface area contributed by atoms with Gasteiger partial charge in [0.25, 0.3) is 0 Å². The van der Waals surface area contributed by atoms with E-state index < -0.39 is 0 Å². The van der Waals surface area contributed by atoms with Crippen LogP contribution in [0.1, 0.15) is 22.4 Å². The first-order valence-corrected chi connectivity index (χ1v) is 8.33. The molecule has 0 fully saturated rings. The summed E-state index contributed by atoms with van der Waals surface area (Å²) in [4.78, 5) is 0. The maximum atomic E-state index is 4.39. The van der Waals surface area contributed by atoms with Gasteiger partial charge in [0.2, 0.25) is 0 Å². The first kappa shape index (κ1) is 15.2. The van der Waals surface area contributed by atoms with E-state index in [2.05, 4.69) is 77.0 Å². The lowest BCUT2D eigenvalue weighted by molar-refractivity contribution is 1.11. The number of hydrogen-bond donors (Lipinski definition) is 1. The normalized spacial score (nSPS) is 11.7. The molecule has 0 atom stereocenters. The molecule has 0 aliphatic carbocycles. The fraction of sp³-hybridized carbons (Fsp3) is 0. The Labute approximate surface area is 147 Å². The van der Waals surface area contributed by atoms with Crippen molar-refractivity contribution in [1.29, 1.82) is 0 Å². The topological polar surface area (TPSA) is 28.7 Å². The molecule has 2 nitrogen and oxygen atoms in total. The van der Waals surface area contributed by atoms with E-state index in [4.69, 9.17) is 0 Å². The smallest absolute Gasteiger partial charge is 0.0927 e. The Kier molecular flexibility index (Phi) is 4.25. The zero-order valence-electron chi connectivity index (χ0n) is 13.8. The summed E-state index contributed by atoms with van der Waals surface area (Å²) in [6.07, 6.45) is 8.43. The van der Waals surface area contributed by atoms with Crippen molar-refractivity contribution in [3.8, 4) is 0 Å². The number of H-pyrrole nitrogens is 1. The van der Waals surface area contributed by atoms with E-state index in [1.807, 2.05) is 36.4 Å². The molecule has 0 amide bonds. The summed E-state index contributed by atoms with van der Waals surface area (Å²) in [6, 6.07) is 26.9. The Hall–Kier alpha value is -3.39. The molecule has 25 heavy (non-hydrogen) atoms. The van der Waals surface area contributed by atoms with Crippen LogP contribution in [0.25, 0.3) is 35.2 Å². The van der Waals surface area contributed by atoms with Gasteiger partial charge in [0.15, 0.2) is 0 Å². The summed E-state index contributed by atoms with van der Waals surface area (Å²) in [6.45, 7) is 0. The maximum absolute atomic E-state index is 4.39. The molecule has 0 radical (unpaired) electrons. The standard InChI is InChI=1S/C23H18N2/c1-3-7-18(8-4-1)11-12-20-14-16-23-21(17-20)22(24-25-23)15-13-19-9-5-2-6-10-19/h1-17H,(H,24,25)/b12-11+,15-13?. The number of benzene rings is 3. The third-order valence-corrected chi connectivity index (χ3v) is 4.12. The Morgan fingerprint density at radius 3 is 1.88 bits per heavy atom. The van der Waals surface area contributed by atoms with E-state index in [1.54, 1.807) is 0 Å². The summed E-state index contributed by atoms with van der Waals surface area (Å²) in [5.41, 5.74) is 5.52. The van der Waals surface area contributed by atoms with E-state index in [1.165, 1.54) is 11.1 Å². The van der Waals surface area contributed by atoms with Crippen LogP contribution >= 0.6 is 0 Å². The van der Waals surface area contributed by atoms with Crippen molar-refractivity contribution in [3.63, 3.8) is 0 Å². The summed E-state index contributed by atoms with van der Waals surface area (Å²) in [5.74, 6) is 0. The van der Waals surface area contributed by atoms with Gasteiger partial charge in [-0.25, -0.2) is 0 Å². The molecular formula is C23H18N2. The number of hydrogen-bond acceptors (Lipinski definition) is 1. The average Bonchev–Trinajstić information content (AvgIpc) is 3.09. The fourth-order valence-electron chi connectivity index (χ4n) is 2.78. The number of aromatic nitrogens is 2. The molecule has 1 aromatic heterocycles. The van der Waals surface area contributed by atoms with E-state index in [-0.39, 0.29) is 0 Å². The fourth-order valence-corrected chi connectivity index (χ4v) is 2.78. The molecule has 4 aromatic rings. The molecule has 0 aliphatic rings. The van der Waals surface area contributed by atoms with Crippen molar-refractivity contribution >= 4 is 35.2 Å². The number of rotatable bonds is 4. The van der Waals surface area contributed by atoms with Crippen molar-refractivity contribution in [3.05, 3.63) is 101 Å². The second-order valence-corrected chi connectivity index (χ2v) is 5.90. The van der Waals surface area contributed by atoms with Crippen LogP contribution in [0.15, 0.2) is 78.9 Å². The molecule has 120 valence electrons. The SMILES string of the molecule is C(=Cc1[nH]nc2ccc(/C=C/c3ccccc3)cc12)c1ccccc1. The first-order valence-electron chi connectivity index (χ1n) is 8.33. The van der Waals surface area contributed by atoms with Gasteiger partial charge in [-0.15, -0.1) is 0 Å². The highest BCUT2D eigenvalue weighted by molar-refractivity contribution is 5.91. The van der Waals surface area contributed by atoms with E-state index in [0.29, 0.717) is 0 Å². The zero-order chi connectivity index (χ0) is 16.9. The molecule has 1 heterocycles. The van der Waals surface area contributed by atoms with Gasteiger partial charge in [0, 0.05) is 5.39 Å². The van der Waals surface area contributed by atoms with Gasteiger partial charge in [-0.05, 0) is 34.9 Å². The second kappa shape index (κ2) is 7.02. The number of nitrogens with zero attached hydrogens (tertiary/aromatic N) is 1. The third-order valence-electron chi connectivity index (χ3n) is 4.12. The van der Waals surface area contributed by atoms with E-state index >= 15 is 0 Å². The van der Waals surface area contributed by atoms with Crippen molar-refractivity contribution < 1.29 is 0 Å². The van der Waals surface area contributed by atoms with E-state index in [9.17, 15) is 0 Å². The summed E-state index contributed by atoms with van der Waals surface area (Å²) in [5, 5.41) is 8.64. The van der Waals surface area contributed by atoms with E-state index in [0.717, 1.165) is 22.2 Å². The van der Waals surface area contributed by atoms with Crippen LogP contribution in [0, 0.1) is 0 Å². The molecule has 0 bridgehead atoms. The van der Waals surface area contributed by atoms with Crippen LogP contribution < -0.4 is 0 Å². The van der Waals surface area contributed by atoms with Gasteiger partial charge >= 0.3 is 0 Å². The minimum Gasteiger partial charge on any atom is -0.277 e. The van der Waals surface area contributed by atoms with Crippen molar-refractivity contribution in [1.82, 2.24) is 10.2 Å². The lowest BCUT2D eigenvalue weighted by Crippen LogP contribution is -1.76. The van der Waals surface area contributed by atoms with Gasteiger partial charge in [0.1, 0.15) is 0 Å². The Balaban J connectivity index is 1.64. The van der Waals surface area contributed by atoms with Crippen molar-refractivity contribution in [2.45, 2.75) is 0 Å². The Morgan fingerprint density at radius 1 is 0.600 bits per heavy atom. The highest BCUT2D eigenvalue weighted by atomic mass is 15.1. The van der Waals surface area contributed by atoms with Crippen molar-refractivity contribution in [2.75, 3.05) is 0 Å². The number of fused-ring (bicyclic) bond motifs is 1. The summed E-state index contributed by atoms with van der Waals surface area (Å²) < 4.78 is 0. The lowest BCUT2D eigenvalue weighted by Gasteiger charge is -1.97.